The predicted octanol–water partition coefficient (Wildman–Crippen LogP) is 1.90. The van der Waals surface area contributed by atoms with E-state index in [0.29, 0.717) is 30.2 Å². The Morgan fingerprint density at radius 2 is 1.97 bits per heavy atom. The number of hydrogen-bond donors (Lipinski definition) is 1. The number of carbonyl (C=O) groups is 3. The minimum atomic E-state index is -0.622. The van der Waals surface area contributed by atoms with Gasteiger partial charge in [0.25, 0.3) is 5.91 Å². The van der Waals surface area contributed by atoms with Crippen LogP contribution < -0.4 is 14.8 Å². The molecule has 2 aromatic heterocycles. The van der Waals surface area contributed by atoms with Gasteiger partial charge in [-0.25, -0.2) is 9.97 Å². The molecule has 0 spiro atoms. The van der Waals surface area contributed by atoms with Gasteiger partial charge in [0.15, 0.2) is 0 Å². The zero-order valence-electron chi connectivity index (χ0n) is 21.9. The number of imidazole rings is 1. The fourth-order valence-corrected chi connectivity index (χ4v) is 5.60. The molecular weight excluding hydrogens is 500 g/mol. The molecule has 0 radical (unpaired) electrons. The largest absolute Gasteiger partial charge is 0.489 e. The summed E-state index contributed by atoms with van der Waals surface area (Å²) in [5.41, 5.74) is 3.47. The van der Waals surface area contributed by atoms with Gasteiger partial charge in [-0.2, -0.15) is 0 Å². The third-order valence-electron chi connectivity index (χ3n) is 7.70. The van der Waals surface area contributed by atoms with Crippen molar-refractivity contribution in [2.24, 2.45) is 7.05 Å². The second-order valence-corrected chi connectivity index (χ2v) is 10.2. The number of pyridine rings is 1. The number of nitrogens with zero attached hydrogens (tertiary/aromatic N) is 5. The molecular formula is C28H30N6O5. The van der Waals surface area contributed by atoms with Crippen LogP contribution in [0, 0.1) is 0 Å². The predicted molar refractivity (Wildman–Crippen MR) is 140 cm³/mol. The summed E-state index contributed by atoms with van der Waals surface area (Å²) in [4.78, 5) is 49.4. The normalized spacial score (nSPS) is 21.3. The van der Waals surface area contributed by atoms with E-state index in [1.165, 1.54) is 0 Å². The Morgan fingerprint density at radius 1 is 1.10 bits per heavy atom. The van der Waals surface area contributed by atoms with Crippen LogP contribution in [0.1, 0.15) is 40.9 Å². The Kier molecular flexibility index (Phi) is 6.51. The molecule has 0 bridgehead atoms. The van der Waals surface area contributed by atoms with E-state index in [-0.39, 0.29) is 24.3 Å². The highest BCUT2D eigenvalue weighted by Crippen LogP contribution is 2.31. The van der Waals surface area contributed by atoms with E-state index in [4.69, 9.17) is 9.47 Å². The number of fused-ring (bicyclic) bond motifs is 1. The number of aromatic nitrogens is 3. The molecule has 2 atom stereocenters. The maximum atomic E-state index is 12.9. The summed E-state index contributed by atoms with van der Waals surface area (Å²) in [7, 11) is 3.61. The van der Waals surface area contributed by atoms with E-state index in [1.54, 1.807) is 24.3 Å². The molecule has 3 aliphatic rings. The first-order valence-electron chi connectivity index (χ1n) is 13.1. The number of amides is 3. The van der Waals surface area contributed by atoms with Gasteiger partial charge in [-0.3, -0.25) is 24.6 Å². The number of likely N-dealkylation sites (tertiary alicyclic amines) is 1. The van der Waals surface area contributed by atoms with Crippen LogP contribution in [0.5, 0.6) is 11.6 Å². The first kappa shape index (κ1) is 25.1. The standard InChI is InChI=1S/C28H30N6O5/c1-32-19(13-30-26(32)17-7-9-29-25(12-17)38-2)15-33-10-8-21(16-33)39-20-3-4-22-18(11-20)14-34(28(22)37)23-5-6-24(35)31-27(23)36/h3-4,7,9,11-13,21,23H,5-6,8,10,14-16H2,1-2H3,(H,31,35,36)/t21-,23?/m0/s1. The molecule has 11 heteroatoms. The van der Waals surface area contributed by atoms with Crippen LogP contribution in [-0.4, -0.2) is 74.4 Å². The van der Waals surface area contributed by atoms with E-state index in [0.717, 1.165) is 48.7 Å². The molecule has 3 amide bonds. The number of nitrogens with one attached hydrogen (secondary N) is 1. The zero-order chi connectivity index (χ0) is 27.1. The molecule has 2 fully saturated rings. The lowest BCUT2D eigenvalue weighted by Crippen LogP contribution is -2.52. The molecule has 1 unspecified atom stereocenters. The second-order valence-electron chi connectivity index (χ2n) is 10.2. The zero-order valence-corrected chi connectivity index (χ0v) is 21.9. The molecule has 3 aromatic rings. The van der Waals surface area contributed by atoms with Crippen molar-refractivity contribution in [1.82, 2.24) is 29.7 Å². The van der Waals surface area contributed by atoms with Gasteiger partial charge in [0.2, 0.25) is 17.7 Å². The third kappa shape index (κ3) is 4.85. The van der Waals surface area contributed by atoms with Gasteiger partial charge in [-0.15, -0.1) is 0 Å². The van der Waals surface area contributed by atoms with Crippen molar-refractivity contribution < 1.29 is 23.9 Å². The summed E-state index contributed by atoms with van der Waals surface area (Å²) in [5.74, 6) is 1.25. The summed E-state index contributed by atoms with van der Waals surface area (Å²) < 4.78 is 13.6. The monoisotopic (exact) mass is 530 g/mol. The average Bonchev–Trinajstić information content (AvgIpc) is 3.62. The molecule has 39 heavy (non-hydrogen) atoms. The average molecular weight is 531 g/mol. The Morgan fingerprint density at radius 3 is 2.79 bits per heavy atom. The van der Waals surface area contributed by atoms with Gasteiger partial charge < -0.3 is 18.9 Å². The van der Waals surface area contributed by atoms with E-state index < -0.39 is 11.9 Å². The van der Waals surface area contributed by atoms with Crippen LogP contribution in [0.25, 0.3) is 11.4 Å². The number of benzene rings is 1. The quantitative estimate of drug-likeness (QED) is 0.460. The Labute approximate surface area is 225 Å². The highest BCUT2D eigenvalue weighted by atomic mass is 16.5. The van der Waals surface area contributed by atoms with Crippen molar-refractivity contribution in [3.8, 4) is 23.0 Å². The number of carbonyl (C=O) groups excluding carboxylic acids is 3. The number of imide groups is 1. The van der Waals surface area contributed by atoms with Crippen molar-refractivity contribution >= 4 is 17.7 Å². The third-order valence-corrected chi connectivity index (χ3v) is 7.70. The van der Waals surface area contributed by atoms with E-state index in [9.17, 15) is 14.4 Å². The molecule has 2 saturated heterocycles. The van der Waals surface area contributed by atoms with Gasteiger partial charge in [0.1, 0.15) is 23.7 Å². The number of hydrogen-bond acceptors (Lipinski definition) is 8. The molecule has 3 aliphatic heterocycles. The van der Waals surface area contributed by atoms with Crippen molar-refractivity contribution in [2.75, 3.05) is 20.2 Å². The lowest BCUT2D eigenvalue weighted by molar-refractivity contribution is -0.136. The van der Waals surface area contributed by atoms with Gasteiger partial charge in [-0.1, -0.05) is 0 Å². The molecule has 1 N–H and O–H groups in total. The van der Waals surface area contributed by atoms with Gasteiger partial charge >= 0.3 is 0 Å². The summed E-state index contributed by atoms with van der Waals surface area (Å²) in [5, 5.41) is 2.34. The minimum absolute atomic E-state index is 0.0311. The Bertz CT molecular complexity index is 1450. The van der Waals surface area contributed by atoms with Crippen molar-refractivity contribution in [1.29, 1.82) is 0 Å². The van der Waals surface area contributed by atoms with Crippen molar-refractivity contribution in [3.63, 3.8) is 0 Å². The van der Waals surface area contributed by atoms with E-state index in [2.05, 4.69) is 24.8 Å². The first-order valence-corrected chi connectivity index (χ1v) is 13.1. The molecule has 1 aromatic carbocycles. The number of piperidine rings is 1. The molecule has 202 valence electrons. The highest BCUT2D eigenvalue weighted by Gasteiger charge is 2.39. The summed E-state index contributed by atoms with van der Waals surface area (Å²) in [6.07, 6.45) is 5.13. The fourth-order valence-electron chi connectivity index (χ4n) is 5.60. The Balaban J connectivity index is 1.07. The van der Waals surface area contributed by atoms with Crippen molar-refractivity contribution in [2.45, 2.75) is 44.5 Å². The minimum Gasteiger partial charge on any atom is -0.489 e. The van der Waals surface area contributed by atoms with Crippen molar-refractivity contribution in [3.05, 3.63) is 59.5 Å². The number of rotatable bonds is 7. The van der Waals surface area contributed by atoms with E-state index in [1.807, 2.05) is 37.5 Å². The molecule has 0 aliphatic carbocycles. The Hall–Kier alpha value is -4.25. The maximum absolute atomic E-state index is 12.9. The van der Waals surface area contributed by atoms with Gasteiger partial charge in [0, 0.05) is 63.0 Å². The lowest BCUT2D eigenvalue weighted by Gasteiger charge is -2.29. The summed E-state index contributed by atoms with van der Waals surface area (Å²) in [6.45, 7) is 2.77. The van der Waals surface area contributed by atoms with Crippen LogP contribution in [0.2, 0.25) is 0 Å². The van der Waals surface area contributed by atoms with Crippen LogP contribution in [0.15, 0.2) is 42.7 Å². The second kappa shape index (κ2) is 10.1. The highest BCUT2D eigenvalue weighted by molar-refractivity contribution is 6.05. The maximum Gasteiger partial charge on any atom is 0.255 e. The SMILES string of the molecule is COc1cc(-c2ncc(CN3CC[C@H](Oc4ccc5c(c4)CN(C4CCC(=O)NC4=O)C5=O)C3)n2C)ccn1. The van der Waals surface area contributed by atoms with Crippen LogP contribution >= 0.6 is 0 Å². The molecule has 11 nitrogen and oxygen atoms in total. The smallest absolute Gasteiger partial charge is 0.255 e. The topological polar surface area (TPSA) is 119 Å². The summed E-state index contributed by atoms with van der Waals surface area (Å²) >= 11 is 0. The number of ether oxygens (including phenoxy) is 2. The number of methoxy groups -OCH3 is 1. The molecule has 5 heterocycles. The molecule has 0 saturated carbocycles. The first-order chi connectivity index (χ1) is 18.9. The van der Waals surface area contributed by atoms with Crippen LogP contribution in [0.3, 0.4) is 0 Å². The van der Waals surface area contributed by atoms with E-state index >= 15 is 0 Å². The van der Waals surface area contributed by atoms with Crippen LogP contribution in [-0.2, 0) is 29.7 Å². The molecule has 6 rings (SSSR count). The van der Waals surface area contributed by atoms with Crippen LogP contribution in [0.4, 0.5) is 0 Å². The van der Waals surface area contributed by atoms with Gasteiger partial charge in [0.05, 0.1) is 19.0 Å². The summed E-state index contributed by atoms with van der Waals surface area (Å²) in [6, 6.07) is 8.67. The fraction of sp³-hybridized carbons (Fsp3) is 0.393. The lowest BCUT2D eigenvalue weighted by atomic mass is 10.0. The van der Waals surface area contributed by atoms with Gasteiger partial charge in [-0.05, 0) is 42.7 Å².